The smallest absolute Gasteiger partial charge is 0.0872 e. The van der Waals surface area contributed by atoms with Crippen molar-refractivity contribution in [3.8, 4) is 0 Å². The second-order valence-electron chi connectivity index (χ2n) is 4.64. The molecule has 4 atom stereocenters. The van der Waals surface area contributed by atoms with E-state index in [-0.39, 0.29) is 0 Å². The highest BCUT2D eigenvalue weighted by atomic mass is 16.3. The van der Waals surface area contributed by atoms with Gasteiger partial charge in [-0.15, -0.1) is 0 Å². The number of rotatable bonds is 4. The molecule has 2 fully saturated rings. The predicted molar refractivity (Wildman–Crippen MR) is 48.8 cm³/mol. The van der Waals surface area contributed by atoms with Crippen molar-refractivity contribution in [3.05, 3.63) is 4.91 Å². The summed E-state index contributed by atoms with van der Waals surface area (Å²) >= 11 is 0. The Hall–Kier alpha value is -0.400. The van der Waals surface area contributed by atoms with Gasteiger partial charge in [0, 0.05) is 0 Å². The van der Waals surface area contributed by atoms with Gasteiger partial charge in [-0.05, 0) is 36.0 Å². The quantitative estimate of drug-likeness (QED) is 0.592. The number of nitroso groups, excluding NO2 is 1. The largest absolute Gasteiger partial charge is 0.151 e. The summed E-state index contributed by atoms with van der Waals surface area (Å²) in [6.07, 6.45) is 3.84. The van der Waals surface area contributed by atoms with Gasteiger partial charge in [0.05, 0.1) is 6.54 Å². The Balaban J connectivity index is 2.06. The second-order valence-corrected chi connectivity index (χ2v) is 4.64. The van der Waals surface area contributed by atoms with Gasteiger partial charge in [-0.3, -0.25) is 0 Å². The van der Waals surface area contributed by atoms with E-state index in [1.54, 1.807) is 0 Å². The molecule has 2 rings (SSSR count). The van der Waals surface area contributed by atoms with Gasteiger partial charge in [0.15, 0.2) is 0 Å². The molecule has 12 heavy (non-hydrogen) atoms. The van der Waals surface area contributed by atoms with E-state index in [1.165, 1.54) is 19.3 Å². The first-order chi connectivity index (χ1) is 5.74. The molecule has 0 aromatic rings. The monoisotopic (exact) mass is 167 g/mol. The molecule has 2 aliphatic carbocycles. The molecule has 0 aromatic carbocycles. The third-order valence-corrected chi connectivity index (χ3v) is 4.26. The summed E-state index contributed by atoms with van der Waals surface area (Å²) < 4.78 is 0. The van der Waals surface area contributed by atoms with Crippen molar-refractivity contribution in [2.45, 2.75) is 33.1 Å². The van der Waals surface area contributed by atoms with Crippen LogP contribution < -0.4 is 0 Å². The van der Waals surface area contributed by atoms with Crippen LogP contribution in [0.5, 0.6) is 0 Å². The molecule has 2 nitrogen and oxygen atoms in total. The van der Waals surface area contributed by atoms with E-state index in [9.17, 15) is 4.91 Å². The number of fused-ring (bicyclic) bond motifs is 1. The van der Waals surface area contributed by atoms with Gasteiger partial charge in [0.25, 0.3) is 0 Å². The fraction of sp³-hybridized carbons (Fsp3) is 1.00. The zero-order chi connectivity index (χ0) is 8.77. The summed E-state index contributed by atoms with van der Waals surface area (Å²) in [5.74, 6) is 2.53. The summed E-state index contributed by atoms with van der Waals surface area (Å²) in [6, 6.07) is 0. The summed E-state index contributed by atoms with van der Waals surface area (Å²) in [5.41, 5.74) is 0.334. The second kappa shape index (κ2) is 2.54. The van der Waals surface area contributed by atoms with Crippen molar-refractivity contribution in [3.63, 3.8) is 0 Å². The van der Waals surface area contributed by atoms with Gasteiger partial charge in [0.1, 0.15) is 0 Å². The molecule has 0 bridgehead atoms. The lowest BCUT2D eigenvalue weighted by Crippen LogP contribution is -2.41. The Bertz CT molecular complexity index is 204. The van der Waals surface area contributed by atoms with E-state index >= 15 is 0 Å². The molecule has 2 saturated carbocycles. The van der Waals surface area contributed by atoms with Gasteiger partial charge < -0.3 is 0 Å². The zero-order valence-electron chi connectivity index (χ0n) is 7.92. The van der Waals surface area contributed by atoms with Crippen LogP contribution in [0.25, 0.3) is 0 Å². The Morgan fingerprint density at radius 3 is 2.75 bits per heavy atom. The van der Waals surface area contributed by atoms with Crippen LogP contribution in [-0.2, 0) is 0 Å². The maximum Gasteiger partial charge on any atom is 0.0872 e. The molecule has 0 saturated heterocycles. The normalized spacial score (nSPS) is 45.8. The van der Waals surface area contributed by atoms with Crippen LogP contribution in [-0.4, -0.2) is 6.54 Å². The molecule has 0 spiro atoms. The summed E-state index contributed by atoms with van der Waals surface area (Å²) in [5, 5.41) is 3.13. The highest BCUT2D eigenvalue weighted by molar-refractivity contribution is 5.14. The molecule has 2 heteroatoms. The molecular weight excluding hydrogens is 150 g/mol. The maximum absolute atomic E-state index is 10.3. The number of hydrogen-bond acceptors (Lipinski definition) is 2. The van der Waals surface area contributed by atoms with Crippen molar-refractivity contribution in [2.24, 2.45) is 28.3 Å². The topological polar surface area (TPSA) is 29.4 Å². The Morgan fingerprint density at radius 2 is 2.42 bits per heavy atom. The summed E-state index contributed by atoms with van der Waals surface area (Å²) in [7, 11) is 0. The highest BCUT2D eigenvalue weighted by Crippen LogP contribution is 2.70. The molecule has 0 aromatic heterocycles. The molecule has 68 valence electrons. The minimum atomic E-state index is 0.334. The van der Waals surface area contributed by atoms with Crippen molar-refractivity contribution in [1.29, 1.82) is 0 Å². The Morgan fingerprint density at radius 1 is 1.67 bits per heavy atom. The minimum Gasteiger partial charge on any atom is -0.151 e. The summed E-state index contributed by atoms with van der Waals surface area (Å²) in [4.78, 5) is 10.3. The van der Waals surface area contributed by atoms with Crippen LogP contribution in [0.3, 0.4) is 0 Å². The number of nitrogens with zero attached hydrogens (tertiary/aromatic N) is 1. The fourth-order valence-corrected chi connectivity index (χ4v) is 3.09. The standard InChI is InChI=1S/C10H17NO/c1-3-7(2)10(6-11-12)5-8-4-9(8)10/h7-9H,3-6H2,1-2H3. The summed E-state index contributed by atoms with van der Waals surface area (Å²) in [6.45, 7) is 5.07. The number of hydrogen-bond donors (Lipinski definition) is 0. The maximum atomic E-state index is 10.3. The van der Waals surface area contributed by atoms with Crippen LogP contribution in [0.1, 0.15) is 33.1 Å². The third-order valence-electron chi connectivity index (χ3n) is 4.26. The first-order valence-electron chi connectivity index (χ1n) is 5.03. The van der Waals surface area contributed by atoms with Gasteiger partial charge in [-0.2, -0.15) is 4.91 Å². The van der Waals surface area contributed by atoms with E-state index in [4.69, 9.17) is 0 Å². The van der Waals surface area contributed by atoms with Crippen molar-refractivity contribution < 1.29 is 0 Å². The molecule has 0 aliphatic heterocycles. The van der Waals surface area contributed by atoms with Crippen molar-refractivity contribution in [2.75, 3.05) is 6.54 Å². The SMILES string of the molecule is CCC(C)C1(CN=O)CC2CC21. The van der Waals surface area contributed by atoms with E-state index in [0.29, 0.717) is 17.9 Å². The van der Waals surface area contributed by atoms with Crippen molar-refractivity contribution >= 4 is 0 Å². The third kappa shape index (κ3) is 0.868. The highest BCUT2D eigenvalue weighted by Gasteiger charge is 2.65. The lowest BCUT2D eigenvalue weighted by atomic mass is 9.61. The first-order valence-corrected chi connectivity index (χ1v) is 5.03. The molecular formula is C10H17NO. The van der Waals surface area contributed by atoms with E-state index in [0.717, 1.165) is 11.8 Å². The van der Waals surface area contributed by atoms with Crippen LogP contribution in [0.15, 0.2) is 5.18 Å². The van der Waals surface area contributed by atoms with Crippen molar-refractivity contribution in [1.82, 2.24) is 0 Å². The van der Waals surface area contributed by atoms with Crippen LogP contribution in [0, 0.1) is 28.1 Å². The fourth-order valence-electron chi connectivity index (χ4n) is 3.09. The molecule has 4 unspecified atom stereocenters. The average Bonchev–Trinajstić information content (AvgIpc) is 2.72. The van der Waals surface area contributed by atoms with E-state index in [2.05, 4.69) is 19.0 Å². The van der Waals surface area contributed by atoms with E-state index < -0.39 is 0 Å². The molecule has 0 heterocycles. The van der Waals surface area contributed by atoms with Gasteiger partial charge in [-0.25, -0.2) is 0 Å². The molecule has 0 N–H and O–H groups in total. The first kappa shape index (κ1) is 8.21. The van der Waals surface area contributed by atoms with Gasteiger partial charge in [-0.1, -0.05) is 25.4 Å². The zero-order valence-corrected chi connectivity index (χ0v) is 7.92. The van der Waals surface area contributed by atoms with Gasteiger partial charge in [0.2, 0.25) is 0 Å². The Labute approximate surface area is 73.7 Å². The van der Waals surface area contributed by atoms with Crippen LogP contribution in [0.2, 0.25) is 0 Å². The lowest BCUT2D eigenvalue weighted by molar-refractivity contribution is 0.0489. The molecule has 0 radical (unpaired) electrons. The van der Waals surface area contributed by atoms with Gasteiger partial charge >= 0.3 is 0 Å². The Kier molecular flexibility index (Phi) is 1.74. The molecule has 0 amide bonds. The predicted octanol–water partition coefficient (Wildman–Crippen LogP) is 2.83. The van der Waals surface area contributed by atoms with Crippen LogP contribution in [0.4, 0.5) is 0 Å². The lowest BCUT2D eigenvalue weighted by Gasteiger charge is -2.44. The minimum absolute atomic E-state index is 0.334. The van der Waals surface area contributed by atoms with Crippen LogP contribution >= 0.6 is 0 Å². The molecule has 2 aliphatic rings. The van der Waals surface area contributed by atoms with E-state index in [1.807, 2.05) is 0 Å². The average molecular weight is 167 g/mol.